The number of carbonyl (C=O) groups excluding carboxylic acids is 8. The fraction of sp³-hybridized carbons (Fsp3) is 0.714. The van der Waals surface area contributed by atoms with Crippen molar-refractivity contribution in [1.29, 1.82) is 0 Å². The standard InChI is InChI=1S/C49H83F3N8O11/c1-17-18-19-20-21-22-34(8)58(14)45(67)36(28-71-48(9,10)11)54-43(65)37(23-31(2)3)59(15)41(64)26-57(13)47(69)42(33(6)7)55-44(66)38(24-32(4)5)60(16)46(68)35(53-40(63)25-56(12)30-61)27-70-29-39(62)49(50,51)52/h17-21,30-39,42,62H,1,22-29H2,2-16H3,(H,53,63)(H,54,65)(H,55,66)/b19-18-,21-20+/t34-,35+,36+,37+,38+,39?,42?/m1/s1. The van der Waals surface area contributed by atoms with Crippen LogP contribution in [0.2, 0.25) is 0 Å². The lowest BCUT2D eigenvalue weighted by Crippen LogP contribution is -2.60. The van der Waals surface area contributed by atoms with Gasteiger partial charge in [-0.1, -0.05) is 78.5 Å². The van der Waals surface area contributed by atoms with Crippen LogP contribution in [-0.4, -0.2) is 200 Å². The average molecular weight is 1020 g/mol. The second-order valence-corrected chi connectivity index (χ2v) is 20.0. The predicted octanol–water partition coefficient (Wildman–Crippen LogP) is 2.68. The Labute approximate surface area is 418 Å². The van der Waals surface area contributed by atoms with Gasteiger partial charge < -0.3 is 55.0 Å². The number of halogens is 3. The average Bonchev–Trinajstić information content (AvgIpc) is 3.27. The first kappa shape index (κ1) is 65.7. The number of likely N-dealkylation sites (N-methyl/N-ethyl adjacent to an activating group) is 5. The summed E-state index contributed by atoms with van der Waals surface area (Å²) in [7, 11) is 6.90. The quantitative estimate of drug-likeness (QED) is 0.0584. The molecule has 22 heteroatoms. The molecule has 0 aromatic carbocycles. The van der Waals surface area contributed by atoms with Crippen LogP contribution in [0.25, 0.3) is 0 Å². The summed E-state index contributed by atoms with van der Waals surface area (Å²) in [5.41, 5.74) is -0.657. The van der Waals surface area contributed by atoms with Gasteiger partial charge >= 0.3 is 6.18 Å². The van der Waals surface area contributed by atoms with Gasteiger partial charge in [0.1, 0.15) is 30.2 Å². The molecular weight excluding hydrogens is 934 g/mol. The molecule has 71 heavy (non-hydrogen) atoms. The molecule has 0 heterocycles. The fourth-order valence-electron chi connectivity index (χ4n) is 6.71. The van der Waals surface area contributed by atoms with Gasteiger partial charge in [-0.15, -0.1) is 0 Å². The molecule has 7 atom stereocenters. The van der Waals surface area contributed by atoms with E-state index in [1.807, 2.05) is 59.8 Å². The number of aliphatic hydroxyl groups excluding tert-OH is 1. The lowest BCUT2D eigenvalue weighted by Gasteiger charge is -2.35. The monoisotopic (exact) mass is 1020 g/mol. The van der Waals surface area contributed by atoms with E-state index in [0.29, 0.717) is 12.8 Å². The fourth-order valence-corrected chi connectivity index (χ4v) is 6.71. The van der Waals surface area contributed by atoms with Crippen molar-refractivity contribution >= 4 is 47.8 Å². The van der Waals surface area contributed by atoms with Gasteiger partial charge in [0.15, 0.2) is 6.10 Å². The summed E-state index contributed by atoms with van der Waals surface area (Å²) >= 11 is 0. The van der Waals surface area contributed by atoms with E-state index in [1.54, 1.807) is 46.9 Å². The number of nitrogens with zero attached hydrogens (tertiary/aromatic N) is 5. The lowest BCUT2D eigenvalue weighted by atomic mass is 9.98. The summed E-state index contributed by atoms with van der Waals surface area (Å²) in [5, 5.41) is 17.3. The minimum absolute atomic E-state index is 0.0172. The first-order chi connectivity index (χ1) is 32.7. The van der Waals surface area contributed by atoms with E-state index in [2.05, 4.69) is 22.5 Å². The van der Waals surface area contributed by atoms with Crippen molar-refractivity contribution in [3.63, 3.8) is 0 Å². The maximum atomic E-state index is 14.2. The highest BCUT2D eigenvalue weighted by molar-refractivity contribution is 5.96. The SMILES string of the molecule is C=C/C=C\C=C\C[C@@H](C)N(C)C(=O)[C@H](COC(C)(C)C)NC(=O)[C@H](CC(C)C)N(C)C(=O)CN(C)C(=O)C(NC(=O)[C@H](CC(C)C)N(C)C(=O)[C@H](COCC(O)C(F)(F)F)NC(=O)CN(C)C=O)C(C)C. The minimum atomic E-state index is -5.03. The van der Waals surface area contributed by atoms with Crippen LogP contribution in [0, 0.1) is 17.8 Å². The van der Waals surface area contributed by atoms with Crippen molar-refractivity contribution in [2.24, 2.45) is 17.8 Å². The van der Waals surface area contributed by atoms with E-state index in [-0.39, 0.29) is 37.3 Å². The Bertz CT molecular complexity index is 1820. The topological polar surface area (TPSA) is 228 Å². The highest BCUT2D eigenvalue weighted by Gasteiger charge is 2.40. The van der Waals surface area contributed by atoms with Gasteiger partial charge in [-0.2, -0.15) is 13.2 Å². The highest BCUT2D eigenvalue weighted by Crippen LogP contribution is 2.21. The predicted molar refractivity (Wildman–Crippen MR) is 263 cm³/mol. The molecule has 0 spiro atoms. The Kier molecular flexibility index (Phi) is 28.8. The van der Waals surface area contributed by atoms with Crippen molar-refractivity contribution < 1.29 is 66.1 Å². The van der Waals surface area contributed by atoms with Crippen molar-refractivity contribution in [3.05, 3.63) is 37.0 Å². The third-order valence-corrected chi connectivity index (χ3v) is 11.1. The van der Waals surface area contributed by atoms with E-state index >= 15 is 0 Å². The summed E-state index contributed by atoms with van der Waals surface area (Å²) < 4.78 is 50.0. The molecule has 0 fully saturated rings. The molecule has 0 rings (SSSR count). The zero-order chi connectivity index (χ0) is 55.1. The molecule has 8 amide bonds. The third kappa shape index (κ3) is 24.6. The molecule has 406 valence electrons. The van der Waals surface area contributed by atoms with Gasteiger partial charge in [-0.25, -0.2) is 0 Å². The Morgan fingerprint density at radius 1 is 0.676 bits per heavy atom. The molecular formula is C49H83F3N8O11. The van der Waals surface area contributed by atoms with Gasteiger partial charge in [0.05, 0.1) is 38.5 Å². The summed E-state index contributed by atoms with van der Waals surface area (Å²) in [6.45, 7) is 18.1. The number of aliphatic hydroxyl groups is 1. The van der Waals surface area contributed by atoms with Crippen molar-refractivity contribution in [2.75, 3.05) is 68.1 Å². The maximum Gasteiger partial charge on any atom is 0.416 e. The first-order valence-electron chi connectivity index (χ1n) is 23.7. The van der Waals surface area contributed by atoms with Crippen molar-refractivity contribution in [3.8, 4) is 0 Å². The van der Waals surface area contributed by atoms with Gasteiger partial charge in [-0.05, 0) is 64.7 Å². The Morgan fingerprint density at radius 2 is 1.20 bits per heavy atom. The molecule has 0 radical (unpaired) electrons. The number of nitrogens with one attached hydrogen (secondary N) is 3. The number of hydrogen-bond acceptors (Lipinski definition) is 11. The van der Waals surface area contributed by atoms with Crippen LogP contribution >= 0.6 is 0 Å². The van der Waals surface area contributed by atoms with Crippen LogP contribution in [0.3, 0.4) is 0 Å². The highest BCUT2D eigenvalue weighted by atomic mass is 19.4. The van der Waals surface area contributed by atoms with Crippen LogP contribution < -0.4 is 16.0 Å². The molecule has 19 nitrogen and oxygen atoms in total. The molecule has 0 saturated heterocycles. The number of rotatable bonds is 31. The molecule has 0 aliphatic rings. The molecule has 0 saturated carbocycles. The van der Waals surface area contributed by atoms with E-state index in [0.717, 1.165) is 14.7 Å². The van der Waals surface area contributed by atoms with Crippen LogP contribution in [0.15, 0.2) is 37.0 Å². The number of allylic oxidation sites excluding steroid dienone is 4. The summed E-state index contributed by atoms with van der Waals surface area (Å²) in [6.07, 6.45) is 2.11. The van der Waals surface area contributed by atoms with Crippen LogP contribution in [0.5, 0.6) is 0 Å². The van der Waals surface area contributed by atoms with Crippen LogP contribution in [-0.2, 0) is 47.8 Å². The van der Waals surface area contributed by atoms with E-state index in [9.17, 15) is 56.6 Å². The molecule has 0 bridgehead atoms. The lowest BCUT2D eigenvalue weighted by molar-refractivity contribution is -0.217. The molecule has 0 aliphatic carbocycles. The second kappa shape index (κ2) is 31.2. The van der Waals surface area contributed by atoms with E-state index in [4.69, 9.17) is 9.47 Å². The number of amides is 8. The van der Waals surface area contributed by atoms with Gasteiger partial charge in [0, 0.05) is 41.3 Å². The Morgan fingerprint density at radius 3 is 1.69 bits per heavy atom. The van der Waals surface area contributed by atoms with Gasteiger partial charge in [0.2, 0.25) is 47.8 Å². The molecule has 2 unspecified atom stereocenters. The van der Waals surface area contributed by atoms with E-state index < -0.39 is 122 Å². The van der Waals surface area contributed by atoms with E-state index in [1.165, 1.54) is 38.0 Å². The second-order valence-electron chi connectivity index (χ2n) is 20.0. The largest absolute Gasteiger partial charge is 0.416 e. The molecule has 0 aromatic heterocycles. The maximum absolute atomic E-state index is 14.2. The van der Waals surface area contributed by atoms with Gasteiger partial charge in [0.25, 0.3) is 0 Å². The van der Waals surface area contributed by atoms with Gasteiger partial charge in [-0.3, -0.25) is 38.4 Å². The number of ether oxygens (including phenoxy) is 2. The Balaban J connectivity index is 6.53. The summed E-state index contributed by atoms with van der Waals surface area (Å²) in [6, 6.07) is -6.69. The smallest absolute Gasteiger partial charge is 0.382 e. The Hall–Kier alpha value is -5.35. The minimum Gasteiger partial charge on any atom is -0.382 e. The molecule has 4 N–H and O–H groups in total. The van der Waals surface area contributed by atoms with Crippen LogP contribution in [0.4, 0.5) is 13.2 Å². The van der Waals surface area contributed by atoms with Crippen molar-refractivity contribution in [1.82, 2.24) is 40.4 Å². The number of alkyl halides is 3. The molecule has 0 aromatic rings. The van der Waals surface area contributed by atoms with Crippen molar-refractivity contribution in [2.45, 2.75) is 143 Å². The summed E-state index contributed by atoms with van der Waals surface area (Å²) in [5.74, 6) is -5.89. The molecule has 0 aliphatic heterocycles. The zero-order valence-electron chi connectivity index (χ0n) is 44.5. The third-order valence-electron chi connectivity index (χ3n) is 11.1. The number of hydrogen-bond donors (Lipinski definition) is 4. The normalized spacial score (nSPS) is 15.1. The zero-order valence-corrected chi connectivity index (χ0v) is 44.5. The summed E-state index contributed by atoms with van der Waals surface area (Å²) in [4.78, 5) is 114. The first-order valence-corrected chi connectivity index (χ1v) is 23.7. The van der Waals surface area contributed by atoms with Crippen LogP contribution in [0.1, 0.15) is 88.5 Å². The number of carbonyl (C=O) groups is 8.